The van der Waals surface area contributed by atoms with E-state index in [4.69, 9.17) is 42.8 Å². The fourth-order valence-corrected chi connectivity index (χ4v) is 6.33. The molecular formula is C31H32Cl2N8O4. The first-order valence-corrected chi connectivity index (χ1v) is 14.9. The standard InChI is InChI=1S/C31H32Cl2N8O4/c1-5-25(42)35-20-15-40(24-10-11-41(38-24)18-8-6-7-9-18)16-21(20)36-31-34-14-17-12-19(30(43)39(2)29(17)37-31)26-27(32)22(44-3)13-23(45-4)28(26)33/h5-8,10-14,20-21,25,35,42H,1,9,15-16H2,2-4H3,(H,34,36,37)/t20-,21+,25?/m1/s1. The maximum atomic E-state index is 13.7. The lowest BCUT2D eigenvalue weighted by Crippen LogP contribution is -2.47. The third-order valence-corrected chi connectivity index (χ3v) is 8.73. The molecule has 1 aliphatic heterocycles. The molecule has 0 radical (unpaired) electrons. The minimum atomic E-state index is -0.905. The molecule has 3 atom stereocenters. The van der Waals surface area contributed by atoms with Crippen LogP contribution in [0.15, 0.2) is 66.3 Å². The summed E-state index contributed by atoms with van der Waals surface area (Å²) < 4.78 is 14.1. The second-order valence-electron chi connectivity index (χ2n) is 10.7. The summed E-state index contributed by atoms with van der Waals surface area (Å²) >= 11 is 13.2. The van der Waals surface area contributed by atoms with Crippen molar-refractivity contribution in [1.82, 2.24) is 29.6 Å². The average Bonchev–Trinajstić information content (AvgIpc) is 3.82. The molecule has 1 unspecified atom stereocenters. The second-order valence-corrected chi connectivity index (χ2v) is 11.5. The fraction of sp³-hybridized carbons (Fsp3) is 0.290. The topological polar surface area (TPSA) is 132 Å². The van der Waals surface area contributed by atoms with Gasteiger partial charge in [0.1, 0.15) is 23.4 Å². The van der Waals surface area contributed by atoms with Crippen molar-refractivity contribution in [3.05, 3.63) is 81.9 Å². The monoisotopic (exact) mass is 650 g/mol. The predicted molar refractivity (Wildman–Crippen MR) is 176 cm³/mol. The van der Waals surface area contributed by atoms with Crippen LogP contribution in [0.1, 0.15) is 6.42 Å². The normalized spacial score (nSPS) is 18.4. The number of aromatic nitrogens is 5. The molecule has 3 aromatic heterocycles. The smallest absolute Gasteiger partial charge is 0.259 e. The lowest BCUT2D eigenvalue weighted by Gasteiger charge is -2.22. The number of rotatable bonds is 10. The predicted octanol–water partition coefficient (Wildman–Crippen LogP) is 4.08. The lowest BCUT2D eigenvalue weighted by atomic mass is 10.0. The van der Waals surface area contributed by atoms with Crippen molar-refractivity contribution in [2.75, 3.05) is 37.5 Å². The molecule has 4 heterocycles. The number of pyridine rings is 1. The van der Waals surface area contributed by atoms with Crippen LogP contribution >= 0.6 is 23.2 Å². The van der Waals surface area contributed by atoms with Crippen LogP contribution in [0, 0.1) is 0 Å². The third kappa shape index (κ3) is 5.77. The number of halogens is 2. The van der Waals surface area contributed by atoms with Crippen molar-refractivity contribution < 1.29 is 14.6 Å². The molecular weight excluding hydrogens is 619 g/mol. The van der Waals surface area contributed by atoms with Crippen molar-refractivity contribution >= 4 is 51.7 Å². The van der Waals surface area contributed by atoms with Gasteiger partial charge in [-0.15, -0.1) is 0 Å². The largest absolute Gasteiger partial charge is 0.495 e. The van der Waals surface area contributed by atoms with Gasteiger partial charge in [-0.1, -0.05) is 41.9 Å². The van der Waals surface area contributed by atoms with Crippen LogP contribution in [0.4, 0.5) is 11.8 Å². The third-order valence-electron chi connectivity index (χ3n) is 7.98. The molecule has 2 aliphatic rings. The first-order valence-electron chi connectivity index (χ1n) is 14.2. The quantitative estimate of drug-likeness (QED) is 0.170. The van der Waals surface area contributed by atoms with Crippen LogP contribution in [-0.4, -0.2) is 75.0 Å². The van der Waals surface area contributed by atoms with Gasteiger partial charge in [-0.2, -0.15) is 10.1 Å². The summed E-state index contributed by atoms with van der Waals surface area (Å²) in [6.45, 7) is 4.81. The van der Waals surface area contributed by atoms with Gasteiger partial charge in [0.25, 0.3) is 5.56 Å². The van der Waals surface area contributed by atoms with E-state index >= 15 is 0 Å². The van der Waals surface area contributed by atoms with E-state index in [1.807, 2.05) is 29.1 Å². The highest BCUT2D eigenvalue weighted by Gasteiger charge is 2.35. The summed E-state index contributed by atoms with van der Waals surface area (Å²) in [6.07, 6.45) is 11.1. The molecule has 1 fully saturated rings. The summed E-state index contributed by atoms with van der Waals surface area (Å²) in [5.74, 6) is 1.78. The van der Waals surface area contributed by atoms with Crippen LogP contribution < -0.4 is 30.6 Å². The molecule has 6 rings (SSSR count). The molecule has 1 aliphatic carbocycles. The average molecular weight is 652 g/mol. The highest BCUT2D eigenvalue weighted by atomic mass is 35.5. The van der Waals surface area contributed by atoms with Gasteiger partial charge in [0.05, 0.1) is 35.9 Å². The molecule has 4 aromatic rings. The van der Waals surface area contributed by atoms with Crippen molar-refractivity contribution in [2.24, 2.45) is 7.05 Å². The maximum Gasteiger partial charge on any atom is 0.259 e. The Labute approximate surface area is 269 Å². The summed E-state index contributed by atoms with van der Waals surface area (Å²) in [5, 5.41) is 22.7. The summed E-state index contributed by atoms with van der Waals surface area (Å²) in [7, 11) is 4.57. The van der Waals surface area contributed by atoms with Crippen molar-refractivity contribution in [3.8, 4) is 22.6 Å². The first-order chi connectivity index (χ1) is 21.7. The van der Waals surface area contributed by atoms with Crippen LogP contribution in [0.2, 0.25) is 10.0 Å². The van der Waals surface area contributed by atoms with Crippen LogP contribution in [-0.2, 0) is 7.05 Å². The zero-order valence-electron chi connectivity index (χ0n) is 24.9. The number of hydrogen-bond donors (Lipinski definition) is 3. The molecule has 0 saturated carbocycles. The Morgan fingerprint density at radius 1 is 1.16 bits per heavy atom. The zero-order valence-corrected chi connectivity index (χ0v) is 26.4. The number of nitrogens with zero attached hydrogens (tertiary/aromatic N) is 6. The molecule has 0 amide bonds. The van der Waals surface area contributed by atoms with Gasteiger partial charge in [0, 0.05) is 73.8 Å². The zero-order chi connectivity index (χ0) is 31.8. The van der Waals surface area contributed by atoms with Crippen molar-refractivity contribution in [1.29, 1.82) is 0 Å². The van der Waals surface area contributed by atoms with E-state index in [2.05, 4.69) is 33.2 Å². The van der Waals surface area contributed by atoms with Crippen LogP contribution in [0.3, 0.4) is 0 Å². The fourth-order valence-electron chi connectivity index (χ4n) is 5.63. The number of aliphatic hydroxyl groups is 1. The Kier molecular flexibility index (Phi) is 8.56. The van der Waals surface area contributed by atoms with Crippen molar-refractivity contribution in [3.63, 3.8) is 0 Å². The minimum Gasteiger partial charge on any atom is -0.495 e. The summed E-state index contributed by atoms with van der Waals surface area (Å²) in [6, 6.07) is 4.78. The number of ether oxygens (including phenoxy) is 2. The number of allylic oxidation sites excluding steroid dienone is 4. The van der Waals surface area contributed by atoms with Gasteiger partial charge >= 0.3 is 0 Å². The summed E-state index contributed by atoms with van der Waals surface area (Å²) in [4.78, 5) is 25.0. The number of benzene rings is 1. The second kappa shape index (κ2) is 12.6. The Bertz CT molecular complexity index is 1870. The molecule has 14 heteroatoms. The number of methoxy groups -OCH3 is 2. The van der Waals surface area contributed by atoms with Gasteiger partial charge in [-0.25, -0.2) is 9.67 Å². The number of aryl methyl sites for hydroxylation is 1. The van der Waals surface area contributed by atoms with Crippen LogP contribution in [0.25, 0.3) is 27.9 Å². The Balaban J connectivity index is 1.31. The molecule has 45 heavy (non-hydrogen) atoms. The number of nitrogens with one attached hydrogen (secondary N) is 2. The number of aliphatic hydroxyl groups excluding tert-OH is 1. The molecule has 234 valence electrons. The van der Waals surface area contributed by atoms with E-state index in [1.165, 1.54) is 24.9 Å². The lowest BCUT2D eigenvalue weighted by molar-refractivity contribution is 0.169. The van der Waals surface area contributed by atoms with E-state index in [-0.39, 0.29) is 33.3 Å². The molecule has 1 saturated heterocycles. The van der Waals surface area contributed by atoms with Gasteiger partial charge in [0.2, 0.25) is 5.95 Å². The molecule has 3 N–H and O–H groups in total. The van der Waals surface area contributed by atoms with Gasteiger partial charge in [0.15, 0.2) is 5.82 Å². The molecule has 0 spiro atoms. The van der Waals surface area contributed by atoms with E-state index in [9.17, 15) is 9.90 Å². The number of anilines is 2. The number of fused-ring (bicyclic) bond motifs is 1. The van der Waals surface area contributed by atoms with E-state index in [1.54, 1.807) is 25.4 Å². The first kappa shape index (κ1) is 30.7. The SMILES string of the molecule is C=CC(O)N[C@@H]1CN(c2ccn(C3=CC=CC3)n2)C[C@@H]1Nc1ncc2cc(-c3c(Cl)c(OC)cc(OC)c3Cl)c(=O)n(C)c2n1. The molecule has 0 bridgehead atoms. The number of hydrogen-bond acceptors (Lipinski definition) is 10. The minimum absolute atomic E-state index is 0.187. The van der Waals surface area contributed by atoms with Gasteiger partial charge < -0.3 is 24.8 Å². The van der Waals surface area contributed by atoms with Gasteiger partial charge in [-0.05, 0) is 18.2 Å². The maximum absolute atomic E-state index is 13.7. The Hall–Kier alpha value is -4.36. The van der Waals surface area contributed by atoms with E-state index in [0.29, 0.717) is 47.1 Å². The van der Waals surface area contributed by atoms with Crippen LogP contribution in [0.5, 0.6) is 11.5 Å². The molecule has 12 nitrogen and oxygen atoms in total. The highest BCUT2D eigenvalue weighted by molar-refractivity contribution is 6.41. The van der Waals surface area contributed by atoms with Gasteiger partial charge in [-0.3, -0.25) is 14.7 Å². The summed E-state index contributed by atoms with van der Waals surface area (Å²) in [5.41, 5.74) is 1.68. The van der Waals surface area contributed by atoms with E-state index in [0.717, 1.165) is 17.9 Å². The Morgan fingerprint density at radius 2 is 1.89 bits per heavy atom. The van der Waals surface area contributed by atoms with Crippen molar-refractivity contribution in [2.45, 2.75) is 24.7 Å². The highest BCUT2D eigenvalue weighted by Crippen LogP contribution is 2.45. The Morgan fingerprint density at radius 3 is 2.56 bits per heavy atom. The van der Waals surface area contributed by atoms with E-state index < -0.39 is 6.23 Å². The molecule has 1 aromatic carbocycles.